The molecule has 29 heavy (non-hydrogen) atoms. The number of rotatable bonds is 16. The third-order valence-corrected chi connectivity index (χ3v) is 4.66. The molecule has 5 heteroatoms. The van der Waals surface area contributed by atoms with Gasteiger partial charge in [0.25, 0.3) is 0 Å². The zero-order valence-electron chi connectivity index (χ0n) is 20.0. The Morgan fingerprint density at radius 1 is 0.828 bits per heavy atom. The topological polar surface area (TPSA) is 64.6 Å². The van der Waals surface area contributed by atoms with Crippen molar-refractivity contribution in [3.05, 3.63) is 0 Å². The fourth-order valence-electron chi connectivity index (χ4n) is 3.01. The number of amides is 1. The third kappa shape index (κ3) is 18.5. The molecule has 0 saturated carbocycles. The summed E-state index contributed by atoms with van der Waals surface area (Å²) in [6.07, 6.45) is 12.4. The first-order chi connectivity index (χ1) is 13.7. The molecule has 0 aliphatic heterocycles. The van der Waals surface area contributed by atoms with Crippen LogP contribution in [0.25, 0.3) is 0 Å². The van der Waals surface area contributed by atoms with E-state index in [2.05, 4.69) is 12.2 Å². The second-order valence-electron chi connectivity index (χ2n) is 9.81. The molecule has 0 rings (SSSR count). The summed E-state index contributed by atoms with van der Waals surface area (Å²) in [4.78, 5) is 24.4. The highest BCUT2D eigenvalue weighted by Crippen LogP contribution is 2.14. The molecule has 0 aromatic heterocycles. The lowest BCUT2D eigenvalue weighted by molar-refractivity contribution is -0.146. The van der Waals surface area contributed by atoms with E-state index in [0.29, 0.717) is 19.6 Å². The summed E-state index contributed by atoms with van der Waals surface area (Å²) in [5, 5.41) is 2.67. The van der Waals surface area contributed by atoms with Crippen LogP contribution in [0.2, 0.25) is 0 Å². The maximum absolute atomic E-state index is 12.4. The molecule has 172 valence electrons. The Morgan fingerprint density at radius 2 is 1.34 bits per heavy atom. The van der Waals surface area contributed by atoms with Gasteiger partial charge in [0.15, 0.2) is 0 Å². The van der Waals surface area contributed by atoms with Gasteiger partial charge in [0.05, 0.1) is 13.2 Å². The van der Waals surface area contributed by atoms with Crippen molar-refractivity contribution in [2.45, 2.75) is 118 Å². The van der Waals surface area contributed by atoms with Gasteiger partial charge >= 0.3 is 12.1 Å². The van der Waals surface area contributed by atoms with Crippen LogP contribution in [-0.2, 0) is 14.3 Å². The lowest BCUT2D eigenvalue weighted by Gasteiger charge is -2.22. The van der Waals surface area contributed by atoms with E-state index in [-0.39, 0.29) is 17.3 Å². The fourth-order valence-corrected chi connectivity index (χ4v) is 3.01. The maximum atomic E-state index is 12.4. The first-order valence-corrected chi connectivity index (χ1v) is 11.8. The lowest BCUT2D eigenvalue weighted by atomic mass is 9.99. The van der Waals surface area contributed by atoms with Crippen molar-refractivity contribution in [2.75, 3.05) is 13.2 Å². The van der Waals surface area contributed by atoms with E-state index in [1.165, 1.54) is 51.4 Å². The standard InChI is InChI=1S/C24H47NO4/c1-7-8-9-10-11-12-13-14-15-16-17-28-22(26)21(18-20(2)3)25-23(27)29-19-24(4,5)6/h20-21H,7-19H2,1-6H3,(H,25,27). The van der Waals surface area contributed by atoms with E-state index in [1.54, 1.807) is 0 Å². The van der Waals surface area contributed by atoms with Gasteiger partial charge in [-0.25, -0.2) is 9.59 Å². The molecule has 0 bridgehead atoms. The summed E-state index contributed by atoms with van der Waals surface area (Å²) < 4.78 is 10.6. The number of esters is 1. The van der Waals surface area contributed by atoms with E-state index in [4.69, 9.17) is 9.47 Å². The Kier molecular flexibility index (Phi) is 15.8. The van der Waals surface area contributed by atoms with Crippen molar-refractivity contribution in [3.8, 4) is 0 Å². The zero-order chi connectivity index (χ0) is 22.1. The van der Waals surface area contributed by atoms with E-state index in [9.17, 15) is 9.59 Å². The first-order valence-electron chi connectivity index (χ1n) is 11.8. The number of unbranched alkanes of at least 4 members (excludes halogenated alkanes) is 9. The summed E-state index contributed by atoms with van der Waals surface area (Å²) in [6.45, 7) is 13.0. The van der Waals surface area contributed by atoms with Gasteiger partial charge in [-0.2, -0.15) is 0 Å². The van der Waals surface area contributed by atoms with Crippen molar-refractivity contribution < 1.29 is 19.1 Å². The summed E-state index contributed by atoms with van der Waals surface area (Å²) in [7, 11) is 0. The SMILES string of the molecule is CCCCCCCCCCCCOC(=O)C(CC(C)C)NC(=O)OCC(C)(C)C. The molecular weight excluding hydrogens is 366 g/mol. The van der Waals surface area contributed by atoms with Crippen LogP contribution >= 0.6 is 0 Å². The highest BCUT2D eigenvalue weighted by molar-refractivity contribution is 5.81. The van der Waals surface area contributed by atoms with Gasteiger partial charge in [-0.1, -0.05) is 99.3 Å². The largest absolute Gasteiger partial charge is 0.464 e. The smallest absolute Gasteiger partial charge is 0.407 e. The minimum atomic E-state index is -0.648. The minimum Gasteiger partial charge on any atom is -0.464 e. The van der Waals surface area contributed by atoms with E-state index < -0.39 is 12.1 Å². The van der Waals surface area contributed by atoms with Gasteiger partial charge < -0.3 is 14.8 Å². The van der Waals surface area contributed by atoms with Crippen molar-refractivity contribution in [1.82, 2.24) is 5.32 Å². The van der Waals surface area contributed by atoms with Gasteiger partial charge in [-0.05, 0) is 24.2 Å². The van der Waals surface area contributed by atoms with Crippen LogP contribution in [0.1, 0.15) is 112 Å². The Labute approximate surface area is 179 Å². The van der Waals surface area contributed by atoms with Crippen molar-refractivity contribution in [2.24, 2.45) is 11.3 Å². The van der Waals surface area contributed by atoms with Gasteiger partial charge in [0.1, 0.15) is 6.04 Å². The Balaban J connectivity index is 3.99. The minimum absolute atomic E-state index is 0.110. The molecule has 0 aromatic rings. The predicted octanol–water partition coefficient (Wildman–Crippen LogP) is 6.64. The molecule has 0 aromatic carbocycles. The molecule has 1 N–H and O–H groups in total. The first kappa shape index (κ1) is 27.7. The van der Waals surface area contributed by atoms with Gasteiger partial charge in [-0.15, -0.1) is 0 Å². The van der Waals surface area contributed by atoms with Crippen LogP contribution in [0.5, 0.6) is 0 Å². The number of ether oxygens (including phenoxy) is 2. The maximum Gasteiger partial charge on any atom is 0.407 e. The fraction of sp³-hybridized carbons (Fsp3) is 0.917. The average molecular weight is 414 g/mol. The van der Waals surface area contributed by atoms with E-state index in [0.717, 1.165) is 12.8 Å². The highest BCUT2D eigenvalue weighted by atomic mass is 16.6. The summed E-state index contributed by atoms with van der Waals surface area (Å²) in [6, 6.07) is -0.648. The zero-order valence-corrected chi connectivity index (χ0v) is 20.0. The summed E-state index contributed by atoms with van der Waals surface area (Å²) in [5.41, 5.74) is -0.110. The van der Waals surface area contributed by atoms with Crippen molar-refractivity contribution in [3.63, 3.8) is 0 Å². The number of hydrogen-bond acceptors (Lipinski definition) is 4. The molecule has 1 amide bonds. The van der Waals surface area contributed by atoms with Crippen LogP contribution in [0.3, 0.4) is 0 Å². The molecule has 0 spiro atoms. The second-order valence-corrected chi connectivity index (χ2v) is 9.81. The van der Waals surface area contributed by atoms with Gasteiger partial charge in [-0.3, -0.25) is 0 Å². The Hall–Kier alpha value is -1.26. The monoisotopic (exact) mass is 413 g/mol. The average Bonchev–Trinajstić information content (AvgIpc) is 2.63. The predicted molar refractivity (Wildman–Crippen MR) is 120 cm³/mol. The molecule has 1 atom stereocenters. The van der Waals surface area contributed by atoms with Crippen LogP contribution < -0.4 is 5.32 Å². The number of carbonyl (C=O) groups excluding carboxylic acids is 2. The third-order valence-electron chi connectivity index (χ3n) is 4.66. The molecule has 5 nitrogen and oxygen atoms in total. The molecule has 0 aliphatic carbocycles. The second kappa shape index (κ2) is 16.5. The lowest BCUT2D eigenvalue weighted by Crippen LogP contribution is -2.43. The molecule has 0 heterocycles. The number of carbonyl (C=O) groups is 2. The molecule has 0 saturated heterocycles. The quantitative estimate of drug-likeness (QED) is 0.228. The summed E-state index contributed by atoms with van der Waals surface area (Å²) >= 11 is 0. The number of alkyl carbamates (subject to hydrolysis) is 1. The van der Waals surface area contributed by atoms with E-state index >= 15 is 0 Å². The van der Waals surface area contributed by atoms with Gasteiger partial charge in [0, 0.05) is 0 Å². The van der Waals surface area contributed by atoms with E-state index in [1.807, 2.05) is 34.6 Å². The number of nitrogens with one attached hydrogen (secondary N) is 1. The van der Waals surface area contributed by atoms with Crippen molar-refractivity contribution >= 4 is 12.1 Å². The Bertz CT molecular complexity index is 429. The molecule has 1 unspecified atom stereocenters. The van der Waals surface area contributed by atoms with Crippen LogP contribution in [0.15, 0.2) is 0 Å². The summed E-state index contributed by atoms with van der Waals surface area (Å²) in [5.74, 6) is -0.0878. The highest BCUT2D eigenvalue weighted by Gasteiger charge is 2.24. The van der Waals surface area contributed by atoms with Crippen LogP contribution in [0.4, 0.5) is 4.79 Å². The van der Waals surface area contributed by atoms with Crippen LogP contribution in [0, 0.1) is 11.3 Å². The van der Waals surface area contributed by atoms with Crippen molar-refractivity contribution in [1.29, 1.82) is 0 Å². The van der Waals surface area contributed by atoms with Crippen LogP contribution in [-0.4, -0.2) is 31.3 Å². The molecule has 0 fully saturated rings. The Morgan fingerprint density at radius 3 is 1.83 bits per heavy atom. The number of hydrogen-bond donors (Lipinski definition) is 1. The molecule has 0 aliphatic rings. The molecular formula is C24H47NO4. The molecule has 0 radical (unpaired) electrons. The van der Waals surface area contributed by atoms with Gasteiger partial charge in [0.2, 0.25) is 0 Å². The normalized spacial score (nSPS) is 12.7.